The molecular formula is C20H19ClN4O4S. The fourth-order valence-electron chi connectivity index (χ4n) is 2.74. The third-order valence-corrected chi connectivity index (χ3v) is 5.43. The summed E-state index contributed by atoms with van der Waals surface area (Å²) in [6.45, 7) is 0.502. The lowest BCUT2D eigenvalue weighted by Crippen LogP contribution is -2.18. The van der Waals surface area contributed by atoms with Crippen LogP contribution in [0.3, 0.4) is 0 Å². The second kappa shape index (κ2) is 10.1. The molecule has 0 aliphatic rings. The Morgan fingerprint density at radius 3 is 2.67 bits per heavy atom. The van der Waals surface area contributed by atoms with Gasteiger partial charge in [-0.2, -0.15) is 5.10 Å². The lowest BCUT2D eigenvalue weighted by Gasteiger charge is -2.09. The van der Waals surface area contributed by atoms with Gasteiger partial charge in [0.25, 0.3) is 0 Å². The summed E-state index contributed by atoms with van der Waals surface area (Å²) in [6, 6.07) is 13.9. The number of ether oxygens (including phenoxy) is 1. The Labute approximate surface area is 182 Å². The van der Waals surface area contributed by atoms with Crippen LogP contribution in [0.5, 0.6) is 5.75 Å². The summed E-state index contributed by atoms with van der Waals surface area (Å²) < 4.78 is 6.69. The molecule has 156 valence electrons. The Hall–Kier alpha value is -3.04. The Balaban J connectivity index is 1.53. The van der Waals surface area contributed by atoms with Gasteiger partial charge < -0.3 is 10.1 Å². The molecule has 10 heteroatoms. The number of halogens is 1. The molecule has 0 saturated carbocycles. The monoisotopic (exact) mass is 446 g/mol. The summed E-state index contributed by atoms with van der Waals surface area (Å²) in [4.78, 5) is 22.9. The van der Waals surface area contributed by atoms with E-state index in [0.717, 1.165) is 11.1 Å². The molecule has 3 rings (SSSR count). The van der Waals surface area contributed by atoms with E-state index in [1.54, 1.807) is 41.2 Å². The van der Waals surface area contributed by atoms with Crippen LogP contribution in [0.2, 0.25) is 5.02 Å². The number of thioether (sulfide) groups is 1. The van der Waals surface area contributed by atoms with E-state index in [1.807, 2.05) is 12.1 Å². The first-order chi connectivity index (χ1) is 14.5. The second-order valence-electron chi connectivity index (χ2n) is 6.30. The number of hydrogen-bond donors (Lipinski definition) is 1. The zero-order chi connectivity index (χ0) is 21.5. The SMILES string of the molecule is COc1ccc(CSCC(=O)Nc2ccnn2Cc2ccc(Cl)cc2)cc1[N+](=O)[O-]. The molecule has 1 amide bonds. The van der Waals surface area contributed by atoms with Gasteiger partial charge in [-0.1, -0.05) is 29.8 Å². The smallest absolute Gasteiger partial charge is 0.311 e. The van der Waals surface area contributed by atoms with Crippen molar-refractivity contribution in [3.63, 3.8) is 0 Å². The van der Waals surface area contributed by atoms with Crippen molar-refractivity contribution in [3.8, 4) is 5.75 Å². The molecule has 0 atom stereocenters. The van der Waals surface area contributed by atoms with Gasteiger partial charge in [-0.15, -0.1) is 11.8 Å². The van der Waals surface area contributed by atoms with E-state index in [9.17, 15) is 14.9 Å². The number of nitrogens with zero attached hydrogens (tertiary/aromatic N) is 3. The highest BCUT2D eigenvalue weighted by molar-refractivity contribution is 7.99. The highest BCUT2D eigenvalue weighted by atomic mass is 35.5. The summed E-state index contributed by atoms with van der Waals surface area (Å²) in [6.07, 6.45) is 1.62. The van der Waals surface area contributed by atoms with Crippen LogP contribution in [0.25, 0.3) is 0 Å². The molecule has 2 aromatic carbocycles. The summed E-state index contributed by atoms with van der Waals surface area (Å²) in [5.41, 5.74) is 1.66. The van der Waals surface area contributed by atoms with Crippen LogP contribution in [-0.2, 0) is 17.1 Å². The van der Waals surface area contributed by atoms with Crippen molar-refractivity contribution >= 4 is 40.8 Å². The van der Waals surface area contributed by atoms with E-state index >= 15 is 0 Å². The van der Waals surface area contributed by atoms with Crippen molar-refractivity contribution in [3.05, 3.63) is 81.0 Å². The molecule has 1 aromatic heterocycles. The molecule has 0 saturated heterocycles. The summed E-state index contributed by atoms with van der Waals surface area (Å²) >= 11 is 7.27. The van der Waals surface area contributed by atoms with Gasteiger partial charge in [-0.25, -0.2) is 4.68 Å². The van der Waals surface area contributed by atoms with Crippen molar-refractivity contribution < 1.29 is 14.5 Å². The normalized spacial score (nSPS) is 10.6. The molecule has 30 heavy (non-hydrogen) atoms. The average molecular weight is 447 g/mol. The van der Waals surface area contributed by atoms with Gasteiger partial charge in [0, 0.05) is 22.9 Å². The molecular weight excluding hydrogens is 428 g/mol. The summed E-state index contributed by atoms with van der Waals surface area (Å²) in [5.74, 6) is 1.28. The average Bonchev–Trinajstić information content (AvgIpc) is 3.16. The number of aromatic nitrogens is 2. The second-order valence-corrected chi connectivity index (χ2v) is 7.73. The topological polar surface area (TPSA) is 99.3 Å². The van der Waals surface area contributed by atoms with Gasteiger partial charge in [0.1, 0.15) is 5.82 Å². The Morgan fingerprint density at radius 2 is 1.97 bits per heavy atom. The molecule has 0 fully saturated rings. The zero-order valence-corrected chi connectivity index (χ0v) is 17.7. The van der Waals surface area contributed by atoms with Gasteiger partial charge in [0.2, 0.25) is 5.91 Å². The number of rotatable bonds is 9. The standard InChI is InChI=1S/C20H19ClN4O4S/c1-29-18-7-4-15(10-17(18)25(27)28)12-30-13-20(26)23-19-8-9-22-24(19)11-14-2-5-16(21)6-3-14/h2-10H,11-13H2,1H3,(H,23,26). The van der Waals surface area contributed by atoms with Crippen molar-refractivity contribution in [2.45, 2.75) is 12.3 Å². The highest BCUT2D eigenvalue weighted by Gasteiger charge is 2.15. The van der Waals surface area contributed by atoms with Crippen LogP contribution in [0.1, 0.15) is 11.1 Å². The van der Waals surface area contributed by atoms with Crippen LogP contribution in [0.4, 0.5) is 11.5 Å². The Kier molecular flexibility index (Phi) is 7.31. The predicted molar refractivity (Wildman–Crippen MR) is 117 cm³/mol. The number of amides is 1. The number of nitro benzene ring substituents is 1. The number of carbonyl (C=O) groups is 1. The van der Waals surface area contributed by atoms with E-state index in [-0.39, 0.29) is 23.1 Å². The van der Waals surface area contributed by atoms with Crippen LogP contribution in [0, 0.1) is 10.1 Å². The lowest BCUT2D eigenvalue weighted by molar-refractivity contribution is -0.385. The fourth-order valence-corrected chi connectivity index (χ4v) is 3.64. The molecule has 1 N–H and O–H groups in total. The minimum absolute atomic E-state index is 0.0915. The fraction of sp³-hybridized carbons (Fsp3) is 0.200. The van der Waals surface area contributed by atoms with E-state index in [0.29, 0.717) is 23.1 Å². The molecule has 0 aliphatic heterocycles. The number of nitro groups is 1. The molecule has 0 radical (unpaired) electrons. The van der Waals surface area contributed by atoms with Crippen molar-refractivity contribution in [1.29, 1.82) is 0 Å². The van der Waals surface area contributed by atoms with Gasteiger partial charge in [-0.3, -0.25) is 14.9 Å². The van der Waals surface area contributed by atoms with E-state index in [1.165, 1.54) is 24.9 Å². The van der Waals surface area contributed by atoms with Gasteiger partial charge in [0.05, 0.1) is 30.5 Å². The number of methoxy groups -OCH3 is 1. The van der Waals surface area contributed by atoms with Crippen LogP contribution in [0.15, 0.2) is 54.7 Å². The first kappa shape index (κ1) is 21.7. The van der Waals surface area contributed by atoms with Crippen LogP contribution in [-0.4, -0.2) is 33.5 Å². The van der Waals surface area contributed by atoms with E-state index < -0.39 is 4.92 Å². The number of benzene rings is 2. The number of anilines is 1. The molecule has 8 nitrogen and oxygen atoms in total. The molecule has 0 spiro atoms. The minimum atomic E-state index is -0.485. The number of carbonyl (C=O) groups excluding carboxylic acids is 1. The van der Waals surface area contributed by atoms with Crippen LogP contribution >= 0.6 is 23.4 Å². The minimum Gasteiger partial charge on any atom is -0.490 e. The Bertz CT molecular complexity index is 1040. The van der Waals surface area contributed by atoms with Crippen molar-refractivity contribution in [2.75, 3.05) is 18.2 Å². The highest BCUT2D eigenvalue weighted by Crippen LogP contribution is 2.29. The summed E-state index contributed by atoms with van der Waals surface area (Å²) in [5, 5.41) is 18.9. The maximum absolute atomic E-state index is 12.3. The molecule has 0 aliphatic carbocycles. The van der Waals surface area contributed by atoms with Gasteiger partial charge in [-0.05, 0) is 29.3 Å². The largest absolute Gasteiger partial charge is 0.490 e. The summed E-state index contributed by atoms with van der Waals surface area (Å²) in [7, 11) is 1.39. The molecule has 1 heterocycles. The third kappa shape index (κ3) is 5.74. The number of hydrogen-bond acceptors (Lipinski definition) is 6. The third-order valence-electron chi connectivity index (χ3n) is 4.17. The number of nitrogens with one attached hydrogen (secondary N) is 1. The quantitative estimate of drug-likeness (QED) is 0.387. The maximum Gasteiger partial charge on any atom is 0.311 e. The van der Waals surface area contributed by atoms with E-state index in [4.69, 9.17) is 16.3 Å². The van der Waals surface area contributed by atoms with Crippen molar-refractivity contribution in [1.82, 2.24) is 9.78 Å². The first-order valence-electron chi connectivity index (χ1n) is 8.91. The van der Waals surface area contributed by atoms with E-state index in [2.05, 4.69) is 10.4 Å². The maximum atomic E-state index is 12.3. The first-order valence-corrected chi connectivity index (χ1v) is 10.4. The molecule has 3 aromatic rings. The molecule has 0 unspecified atom stereocenters. The Morgan fingerprint density at radius 1 is 1.23 bits per heavy atom. The van der Waals surface area contributed by atoms with Crippen molar-refractivity contribution in [2.24, 2.45) is 0 Å². The van der Waals surface area contributed by atoms with Gasteiger partial charge >= 0.3 is 5.69 Å². The molecule has 0 bridgehead atoms. The lowest BCUT2D eigenvalue weighted by atomic mass is 10.2. The predicted octanol–water partition coefficient (Wildman–Crippen LogP) is 4.37. The zero-order valence-electron chi connectivity index (χ0n) is 16.1. The van der Waals surface area contributed by atoms with Gasteiger partial charge in [0.15, 0.2) is 5.75 Å². The van der Waals surface area contributed by atoms with Crippen LogP contribution < -0.4 is 10.1 Å².